The van der Waals surface area contributed by atoms with Crippen molar-refractivity contribution in [2.45, 2.75) is 18.2 Å². The zero-order valence-electron chi connectivity index (χ0n) is 17.1. The van der Waals surface area contributed by atoms with Crippen LogP contribution in [0.5, 0.6) is 0 Å². The Morgan fingerprint density at radius 1 is 1.12 bits per heavy atom. The maximum atomic E-state index is 13.2. The number of furan rings is 1. The molecule has 2 aromatic heterocycles. The summed E-state index contributed by atoms with van der Waals surface area (Å²) in [5.41, 5.74) is 1.21. The fraction of sp³-hybridized carbons (Fsp3) is 0.174. The Bertz CT molecular complexity index is 1320. The Morgan fingerprint density at radius 3 is 2.69 bits per heavy atom. The number of carbonyl (C=O) groups excluding carboxylic acids is 1. The van der Waals surface area contributed by atoms with E-state index in [4.69, 9.17) is 27.6 Å². The van der Waals surface area contributed by atoms with Crippen LogP contribution in [0.1, 0.15) is 11.3 Å². The van der Waals surface area contributed by atoms with Crippen LogP contribution in [0.2, 0.25) is 10.0 Å². The summed E-state index contributed by atoms with van der Waals surface area (Å²) in [6.07, 6.45) is 1.55. The van der Waals surface area contributed by atoms with Gasteiger partial charge in [0, 0.05) is 23.6 Å². The fourth-order valence-corrected chi connectivity index (χ4v) is 4.53. The van der Waals surface area contributed by atoms with Gasteiger partial charge in [-0.1, -0.05) is 47.1 Å². The standard InChI is InChI=1S/C23H19Cl2N3O3S/c1-27(12-15-4-2-5-16(24)10-15)21(29)14-32-23-26-20-11-17(25)7-8-19(20)22(30)28(23)13-18-6-3-9-31-18/h2-11H,12-14H2,1H3. The highest BCUT2D eigenvalue weighted by atomic mass is 35.5. The summed E-state index contributed by atoms with van der Waals surface area (Å²) in [4.78, 5) is 32.1. The Kier molecular flexibility index (Phi) is 6.89. The van der Waals surface area contributed by atoms with Crippen LogP contribution in [0.3, 0.4) is 0 Å². The van der Waals surface area contributed by atoms with Crippen molar-refractivity contribution < 1.29 is 9.21 Å². The smallest absolute Gasteiger partial charge is 0.262 e. The average Bonchev–Trinajstić information content (AvgIpc) is 3.27. The van der Waals surface area contributed by atoms with Crippen LogP contribution < -0.4 is 5.56 Å². The molecule has 0 fully saturated rings. The lowest BCUT2D eigenvalue weighted by molar-refractivity contribution is -0.127. The Morgan fingerprint density at radius 2 is 1.94 bits per heavy atom. The molecular weight excluding hydrogens is 469 g/mol. The van der Waals surface area contributed by atoms with Gasteiger partial charge in [-0.3, -0.25) is 14.2 Å². The van der Waals surface area contributed by atoms with Crippen molar-refractivity contribution in [1.82, 2.24) is 14.5 Å². The second kappa shape index (κ2) is 9.81. The van der Waals surface area contributed by atoms with Crippen LogP contribution in [0, 0.1) is 0 Å². The van der Waals surface area contributed by atoms with Gasteiger partial charge >= 0.3 is 0 Å². The van der Waals surface area contributed by atoms with Gasteiger partial charge in [0.25, 0.3) is 5.56 Å². The number of carbonyl (C=O) groups is 1. The van der Waals surface area contributed by atoms with Crippen molar-refractivity contribution in [2.75, 3.05) is 12.8 Å². The van der Waals surface area contributed by atoms with Crippen molar-refractivity contribution in [3.63, 3.8) is 0 Å². The number of rotatable bonds is 7. The zero-order chi connectivity index (χ0) is 22.7. The summed E-state index contributed by atoms with van der Waals surface area (Å²) < 4.78 is 6.93. The van der Waals surface area contributed by atoms with E-state index in [1.165, 1.54) is 16.3 Å². The summed E-state index contributed by atoms with van der Waals surface area (Å²) in [5.74, 6) is 0.640. The van der Waals surface area contributed by atoms with Gasteiger partial charge in [0.15, 0.2) is 5.16 Å². The van der Waals surface area contributed by atoms with Gasteiger partial charge in [0.1, 0.15) is 5.76 Å². The molecule has 0 bridgehead atoms. The van der Waals surface area contributed by atoms with Gasteiger partial charge in [-0.25, -0.2) is 4.98 Å². The number of thioether (sulfide) groups is 1. The number of hydrogen-bond acceptors (Lipinski definition) is 5. The minimum absolute atomic E-state index is 0.0973. The number of aromatic nitrogens is 2. The van der Waals surface area contributed by atoms with Crippen LogP contribution in [-0.4, -0.2) is 33.2 Å². The monoisotopic (exact) mass is 487 g/mol. The second-order valence-corrected chi connectivity index (χ2v) is 9.01. The van der Waals surface area contributed by atoms with Crippen molar-refractivity contribution in [3.8, 4) is 0 Å². The molecule has 0 spiro atoms. The molecule has 4 aromatic rings. The minimum atomic E-state index is -0.217. The van der Waals surface area contributed by atoms with E-state index in [1.807, 2.05) is 18.2 Å². The Hall–Kier alpha value is -2.74. The third-order valence-electron chi connectivity index (χ3n) is 4.84. The van der Waals surface area contributed by atoms with Gasteiger partial charge in [0.05, 0.1) is 29.5 Å². The number of amides is 1. The molecule has 2 aromatic carbocycles. The van der Waals surface area contributed by atoms with Crippen LogP contribution in [-0.2, 0) is 17.9 Å². The summed E-state index contributed by atoms with van der Waals surface area (Å²) in [6, 6.07) is 15.9. The number of hydrogen-bond donors (Lipinski definition) is 0. The van der Waals surface area contributed by atoms with Gasteiger partial charge in [-0.15, -0.1) is 0 Å². The van der Waals surface area contributed by atoms with Crippen molar-refractivity contribution >= 4 is 51.8 Å². The zero-order valence-corrected chi connectivity index (χ0v) is 19.5. The second-order valence-electron chi connectivity index (χ2n) is 7.19. The molecule has 0 saturated carbocycles. The molecule has 0 aliphatic rings. The quantitative estimate of drug-likeness (QED) is 0.268. The lowest BCUT2D eigenvalue weighted by Gasteiger charge is -2.18. The van der Waals surface area contributed by atoms with Crippen molar-refractivity contribution in [1.29, 1.82) is 0 Å². The first kappa shape index (κ1) is 22.5. The van der Waals surface area contributed by atoms with Crippen LogP contribution >= 0.6 is 35.0 Å². The number of halogens is 2. The van der Waals surface area contributed by atoms with E-state index in [-0.39, 0.29) is 23.8 Å². The first-order valence-corrected chi connectivity index (χ1v) is 11.5. The normalized spacial score (nSPS) is 11.1. The highest BCUT2D eigenvalue weighted by molar-refractivity contribution is 7.99. The van der Waals surface area contributed by atoms with Gasteiger partial charge in [-0.05, 0) is 48.0 Å². The number of fused-ring (bicyclic) bond motifs is 1. The number of benzene rings is 2. The molecule has 6 nitrogen and oxygen atoms in total. The highest BCUT2D eigenvalue weighted by Crippen LogP contribution is 2.22. The van der Waals surface area contributed by atoms with E-state index in [2.05, 4.69) is 4.98 Å². The third-order valence-corrected chi connectivity index (χ3v) is 6.27. The molecule has 0 radical (unpaired) electrons. The molecule has 0 saturated heterocycles. The SMILES string of the molecule is CN(Cc1cccc(Cl)c1)C(=O)CSc1nc2cc(Cl)ccc2c(=O)n1Cc1ccco1. The van der Waals surface area contributed by atoms with Gasteiger partial charge in [-0.2, -0.15) is 0 Å². The lowest BCUT2D eigenvalue weighted by atomic mass is 10.2. The molecule has 0 aliphatic carbocycles. The predicted octanol–water partition coefficient (Wildman–Crippen LogP) is 5.10. The maximum Gasteiger partial charge on any atom is 0.262 e. The molecule has 1 amide bonds. The highest BCUT2D eigenvalue weighted by Gasteiger charge is 2.17. The van der Waals surface area contributed by atoms with E-state index in [9.17, 15) is 9.59 Å². The first-order chi connectivity index (χ1) is 15.4. The van der Waals surface area contributed by atoms with Gasteiger partial charge < -0.3 is 9.32 Å². The van der Waals surface area contributed by atoms with Gasteiger partial charge in [0.2, 0.25) is 5.91 Å². The lowest BCUT2D eigenvalue weighted by Crippen LogP contribution is -2.29. The van der Waals surface area contributed by atoms with E-state index in [0.29, 0.717) is 38.4 Å². The Labute approximate surface area is 198 Å². The number of nitrogens with zero attached hydrogens (tertiary/aromatic N) is 3. The van der Waals surface area contributed by atoms with E-state index in [1.54, 1.807) is 54.6 Å². The summed E-state index contributed by atoms with van der Waals surface area (Å²) in [5, 5.41) is 1.99. The molecule has 0 aliphatic heterocycles. The molecule has 0 atom stereocenters. The summed E-state index contributed by atoms with van der Waals surface area (Å²) in [7, 11) is 1.73. The van der Waals surface area contributed by atoms with Crippen LogP contribution in [0.4, 0.5) is 0 Å². The van der Waals surface area contributed by atoms with Crippen molar-refractivity contribution in [2.24, 2.45) is 0 Å². The third kappa shape index (κ3) is 5.18. The summed E-state index contributed by atoms with van der Waals surface area (Å²) >= 11 is 13.3. The average molecular weight is 488 g/mol. The first-order valence-electron chi connectivity index (χ1n) is 9.74. The topological polar surface area (TPSA) is 68.3 Å². The molecule has 4 rings (SSSR count). The fourth-order valence-electron chi connectivity index (χ4n) is 3.22. The minimum Gasteiger partial charge on any atom is -0.467 e. The molecule has 0 N–H and O–H groups in total. The predicted molar refractivity (Wildman–Crippen MR) is 127 cm³/mol. The molecule has 164 valence electrons. The Balaban J connectivity index is 1.58. The van der Waals surface area contributed by atoms with Crippen molar-refractivity contribution in [3.05, 3.63) is 92.6 Å². The largest absolute Gasteiger partial charge is 0.467 e. The van der Waals surface area contributed by atoms with Crippen LogP contribution in [0.25, 0.3) is 10.9 Å². The summed E-state index contributed by atoms with van der Waals surface area (Å²) in [6.45, 7) is 0.645. The molecule has 2 heterocycles. The molecular formula is C23H19Cl2N3O3S. The van der Waals surface area contributed by atoms with E-state index in [0.717, 1.165) is 5.56 Å². The maximum absolute atomic E-state index is 13.2. The molecule has 0 unspecified atom stereocenters. The van der Waals surface area contributed by atoms with E-state index < -0.39 is 0 Å². The van der Waals surface area contributed by atoms with Crippen LogP contribution in [0.15, 0.2) is 75.2 Å². The van der Waals surface area contributed by atoms with E-state index >= 15 is 0 Å². The molecule has 9 heteroatoms. The molecule has 32 heavy (non-hydrogen) atoms.